The number of methoxy groups -OCH3 is 1. The van der Waals surface area contributed by atoms with Gasteiger partial charge in [-0.3, -0.25) is 4.98 Å². The molecule has 0 atom stereocenters. The van der Waals surface area contributed by atoms with E-state index in [-0.39, 0.29) is 24.7 Å². The number of benzene rings is 2. The average molecular weight is 524 g/mol. The van der Waals surface area contributed by atoms with Crippen LogP contribution >= 0.6 is 0 Å². The number of pyridine rings is 1. The maximum absolute atomic E-state index is 12.4. The molecule has 0 aliphatic heterocycles. The lowest BCUT2D eigenvalue weighted by atomic mass is 10.0. The maximum Gasteiger partial charge on any atom is 0.573 e. The highest BCUT2D eigenvalue weighted by molar-refractivity contribution is 5.90. The van der Waals surface area contributed by atoms with Gasteiger partial charge in [0.2, 0.25) is 0 Å². The van der Waals surface area contributed by atoms with Gasteiger partial charge in [-0.15, -0.1) is 13.2 Å². The van der Waals surface area contributed by atoms with Crippen molar-refractivity contribution >= 4 is 17.1 Å². The van der Waals surface area contributed by atoms with E-state index in [2.05, 4.69) is 9.72 Å². The molecule has 0 spiro atoms. The molecule has 0 radical (unpaired) electrons. The van der Waals surface area contributed by atoms with Crippen LogP contribution in [0.15, 0.2) is 36.4 Å². The number of rotatable bonds is 11. The number of halogens is 3. The Labute approximate surface area is 212 Å². The molecule has 0 aliphatic rings. The Hall–Kier alpha value is -3.57. The van der Waals surface area contributed by atoms with Crippen LogP contribution in [0, 0.1) is 13.8 Å². The van der Waals surface area contributed by atoms with Crippen molar-refractivity contribution in [2.24, 2.45) is 0 Å². The van der Waals surface area contributed by atoms with E-state index in [1.54, 1.807) is 33.1 Å². The summed E-state index contributed by atoms with van der Waals surface area (Å²) in [5.41, 5.74) is 2.74. The Morgan fingerprint density at radius 2 is 1.65 bits per heavy atom. The minimum Gasteiger partial charge on any atom is -0.457 e. The lowest BCUT2D eigenvalue weighted by Crippen LogP contribution is -2.16. The number of carbonyl (C=O) groups excluding carboxylic acids is 1. The van der Waals surface area contributed by atoms with Crippen molar-refractivity contribution in [2.75, 3.05) is 33.5 Å². The van der Waals surface area contributed by atoms with Crippen LogP contribution in [0.25, 0.3) is 10.9 Å². The van der Waals surface area contributed by atoms with Gasteiger partial charge < -0.3 is 28.4 Å². The van der Waals surface area contributed by atoms with Crippen molar-refractivity contribution in [1.82, 2.24) is 4.98 Å². The van der Waals surface area contributed by atoms with Gasteiger partial charge in [-0.1, -0.05) is 6.92 Å². The van der Waals surface area contributed by atoms with E-state index in [4.69, 9.17) is 23.7 Å². The zero-order chi connectivity index (χ0) is 27.0. The molecule has 8 nitrogen and oxygen atoms in total. The molecular weight excluding hydrogens is 495 g/mol. The monoisotopic (exact) mass is 523 g/mol. The van der Waals surface area contributed by atoms with Gasteiger partial charge in [0.1, 0.15) is 29.6 Å². The van der Waals surface area contributed by atoms with Gasteiger partial charge in [-0.25, -0.2) is 4.79 Å². The third-order valence-electron chi connectivity index (χ3n) is 5.25. The molecular formula is C26H28F3NO7. The molecule has 0 amide bonds. The predicted octanol–water partition coefficient (Wildman–Crippen LogP) is 6.28. The summed E-state index contributed by atoms with van der Waals surface area (Å²) < 4.78 is 67.9. The smallest absolute Gasteiger partial charge is 0.457 e. The number of carbonyl (C=O) groups is 1. The summed E-state index contributed by atoms with van der Waals surface area (Å²) in [5, 5.41) is 0.514. The van der Waals surface area contributed by atoms with Crippen molar-refractivity contribution in [2.45, 2.75) is 33.6 Å². The average Bonchev–Trinajstić information content (AvgIpc) is 2.84. The SMILES string of the molecule is CCc1nc2cc(C)c(Oc3ccc(OC(F)(F)F)cc3)cc2c(OC(=O)OCCOCCOC)c1C. The molecule has 0 fully saturated rings. The van der Waals surface area contributed by atoms with E-state index < -0.39 is 12.5 Å². The molecule has 11 heteroatoms. The number of fused-ring (bicyclic) bond motifs is 1. The fraction of sp³-hybridized carbons (Fsp3) is 0.385. The summed E-state index contributed by atoms with van der Waals surface area (Å²) in [6.45, 7) is 6.55. The second-order valence-corrected chi connectivity index (χ2v) is 7.93. The molecule has 37 heavy (non-hydrogen) atoms. The molecule has 1 aromatic heterocycles. The molecule has 200 valence electrons. The third kappa shape index (κ3) is 7.96. The van der Waals surface area contributed by atoms with Crippen LogP contribution in [-0.4, -0.2) is 51.0 Å². The van der Waals surface area contributed by atoms with E-state index in [9.17, 15) is 18.0 Å². The molecule has 0 unspecified atom stereocenters. The van der Waals surface area contributed by atoms with Gasteiger partial charge in [0.15, 0.2) is 0 Å². The molecule has 0 saturated carbocycles. The highest BCUT2D eigenvalue weighted by Crippen LogP contribution is 2.37. The number of ether oxygens (including phenoxy) is 6. The summed E-state index contributed by atoms with van der Waals surface area (Å²) in [6.07, 6.45) is -5.06. The standard InChI is InChI=1S/C26H28F3NO7/c1-5-21-17(3)24(36-25(31)34-13-12-33-11-10-32-4)20-15-23(16(2)14-22(20)30-21)35-18-6-8-19(9-7-18)37-26(27,28)29/h6-9,14-15H,5,10-13H2,1-4H3. The first-order valence-electron chi connectivity index (χ1n) is 11.5. The van der Waals surface area contributed by atoms with Crippen molar-refractivity contribution < 1.29 is 46.4 Å². The highest BCUT2D eigenvalue weighted by atomic mass is 19.4. The molecule has 0 saturated heterocycles. The number of aryl methyl sites for hydroxylation is 2. The highest BCUT2D eigenvalue weighted by Gasteiger charge is 2.31. The van der Waals surface area contributed by atoms with E-state index in [1.807, 2.05) is 6.92 Å². The van der Waals surface area contributed by atoms with Gasteiger partial charge in [0.25, 0.3) is 0 Å². The van der Waals surface area contributed by atoms with Crippen LogP contribution in [0.5, 0.6) is 23.0 Å². The summed E-state index contributed by atoms with van der Waals surface area (Å²) in [5.74, 6) is 0.626. The van der Waals surface area contributed by atoms with Gasteiger partial charge in [0.05, 0.1) is 25.3 Å². The van der Waals surface area contributed by atoms with E-state index >= 15 is 0 Å². The van der Waals surface area contributed by atoms with Gasteiger partial charge in [0, 0.05) is 23.8 Å². The number of hydrogen-bond donors (Lipinski definition) is 0. The first-order valence-corrected chi connectivity index (χ1v) is 11.5. The minimum absolute atomic E-state index is 0.00671. The number of aromatic nitrogens is 1. The normalized spacial score (nSPS) is 11.4. The Morgan fingerprint density at radius 1 is 0.973 bits per heavy atom. The van der Waals surface area contributed by atoms with Gasteiger partial charge in [-0.05, 0) is 62.2 Å². The van der Waals surface area contributed by atoms with E-state index in [0.717, 1.165) is 23.4 Å². The first kappa shape index (κ1) is 28.0. The van der Waals surface area contributed by atoms with Crippen LogP contribution in [0.4, 0.5) is 18.0 Å². The lowest BCUT2D eigenvalue weighted by Gasteiger charge is -2.16. The van der Waals surface area contributed by atoms with Crippen LogP contribution < -0.4 is 14.2 Å². The number of nitrogens with zero attached hydrogens (tertiary/aromatic N) is 1. The summed E-state index contributed by atoms with van der Waals surface area (Å²) in [6, 6.07) is 8.48. The predicted molar refractivity (Wildman–Crippen MR) is 128 cm³/mol. The second kappa shape index (κ2) is 12.6. The molecule has 3 aromatic rings. The van der Waals surface area contributed by atoms with Gasteiger partial charge in [-0.2, -0.15) is 0 Å². The molecule has 0 N–H and O–H groups in total. The van der Waals surface area contributed by atoms with Crippen LogP contribution in [0.1, 0.15) is 23.7 Å². The largest absolute Gasteiger partial charge is 0.573 e. The second-order valence-electron chi connectivity index (χ2n) is 7.93. The Balaban J connectivity index is 1.83. The quantitative estimate of drug-likeness (QED) is 0.214. The van der Waals surface area contributed by atoms with Crippen molar-refractivity contribution in [3.05, 3.63) is 53.2 Å². The fourth-order valence-corrected chi connectivity index (χ4v) is 3.47. The van der Waals surface area contributed by atoms with Crippen LogP contribution in [-0.2, 0) is 20.6 Å². The van der Waals surface area contributed by atoms with Crippen molar-refractivity contribution in [3.63, 3.8) is 0 Å². The molecule has 1 heterocycles. The Kier molecular flexibility index (Phi) is 9.54. The zero-order valence-electron chi connectivity index (χ0n) is 20.9. The van der Waals surface area contributed by atoms with E-state index in [1.165, 1.54) is 12.1 Å². The first-order chi connectivity index (χ1) is 17.6. The Morgan fingerprint density at radius 3 is 2.30 bits per heavy atom. The minimum atomic E-state index is -4.78. The Bertz CT molecular complexity index is 1210. The number of hydrogen-bond acceptors (Lipinski definition) is 8. The van der Waals surface area contributed by atoms with Crippen LogP contribution in [0.2, 0.25) is 0 Å². The topological polar surface area (TPSA) is 85.3 Å². The summed E-state index contributed by atoms with van der Waals surface area (Å²) in [4.78, 5) is 17.1. The molecule has 0 aliphatic carbocycles. The van der Waals surface area contributed by atoms with Gasteiger partial charge >= 0.3 is 12.5 Å². The fourth-order valence-electron chi connectivity index (χ4n) is 3.47. The van der Waals surface area contributed by atoms with Crippen LogP contribution in [0.3, 0.4) is 0 Å². The van der Waals surface area contributed by atoms with Crippen molar-refractivity contribution in [3.8, 4) is 23.0 Å². The summed E-state index contributed by atoms with van der Waals surface area (Å²) >= 11 is 0. The zero-order valence-corrected chi connectivity index (χ0v) is 20.9. The molecule has 0 bridgehead atoms. The number of alkyl halides is 3. The lowest BCUT2D eigenvalue weighted by molar-refractivity contribution is -0.274. The third-order valence-corrected chi connectivity index (χ3v) is 5.25. The van der Waals surface area contributed by atoms with Crippen molar-refractivity contribution in [1.29, 1.82) is 0 Å². The molecule has 3 rings (SSSR count). The van der Waals surface area contributed by atoms with E-state index in [0.29, 0.717) is 47.6 Å². The molecule has 2 aromatic carbocycles. The summed E-state index contributed by atoms with van der Waals surface area (Å²) in [7, 11) is 1.56. The maximum atomic E-state index is 12.4.